The van der Waals surface area contributed by atoms with Gasteiger partial charge in [0.15, 0.2) is 4.80 Å². The van der Waals surface area contributed by atoms with E-state index >= 15 is 0 Å². The Bertz CT molecular complexity index is 1130. The number of rotatable bonds is 8. The fourth-order valence-corrected chi connectivity index (χ4v) is 4.35. The zero-order chi connectivity index (χ0) is 22.4. The minimum absolute atomic E-state index is 0.0303. The largest absolute Gasteiger partial charge is 0.494 e. The Morgan fingerprint density at radius 3 is 2.39 bits per heavy atom. The number of anilines is 1. The first kappa shape index (κ1) is 22.6. The van der Waals surface area contributed by atoms with Crippen LogP contribution in [0.1, 0.15) is 31.1 Å². The second kappa shape index (κ2) is 10.3. The predicted octanol–water partition coefficient (Wildman–Crippen LogP) is 3.86. The monoisotopic (exact) mass is 441 g/mol. The lowest BCUT2D eigenvalue weighted by Crippen LogP contribution is -2.22. The van der Waals surface area contributed by atoms with Gasteiger partial charge >= 0.3 is 5.97 Å². The molecule has 1 amide bonds. The van der Waals surface area contributed by atoms with Gasteiger partial charge in [-0.05, 0) is 63.2 Å². The lowest BCUT2D eigenvalue weighted by Gasteiger charge is -2.20. The molecule has 0 spiro atoms. The quantitative estimate of drug-likeness (QED) is 0.496. The van der Waals surface area contributed by atoms with E-state index in [9.17, 15) is 9.59 Å². The Morgan fingerprint density at radius 1 is 1.06 bits per heavy atom. The first-order chi connectivity index (χ1) is 15.0. The highest BCUT2D eigenvalue weighted by Crippen LogP contribution is 2.24. The number of thiazole rings is 1. The van der Waals surface area contributed by atoms with E-state index in [-0.39, 0.29) is 12.5 Å². The van der Waals surface area contributed by atoms with Gasteiger partial charge in [0.2, 0.25) is 0 Å². The average molecular weight is 442 g/mol. The maximum Gasteiger partial charge on any atom is 0.325 e. The molecule has 164 valence electrons. The van der Waals surface area contributed by atoms with E-state index in [0.717, 1.165) is 34.7 Å². The van der Waals surface area contributed by atoms with Crippen LogP contribution in [0.4, 0.5) is 5.69 Å². The lowest BCUT2D eigenvalue weighted by molar-refractivity contribution is -0.141. The van der Waals surface area contributed by atoms with Crippen LogP contribution in [-0.4, -0.2) is 43.2 Å². The molecule has 1 heterocycles. The molecule has 0 unspecified atom stereocenters. The highest BCUT2D eigenvalue weighted by Gasteiger charge is 2.14. The molecule has 1 aromatic heterocycles. The Morgan fingerprint density at radius 2 is 1.77 bits per heavy atom. The standard InChI is InChI=1S/C23H27N3O4S/c1-5-25(6-2)17-10-8-16(9-11-17)22(28)24-23-26(15-21(27)29-4)19-13-12-18(30-7-3)14-20(19)31-23/h8-14H,5-7,15H2,1-4H3. The van der Waals surface area contributed by atoms with Crippen LogP contribution in [0.2, 0.25) is 0 Å². The number of aromatic nitrogens is 1. The van der Waals surface area contributed by atoms with Crippen LogP contribution in [-0.2, 0) is 16.1 Å². The molecule has 0 radical (unpaired) electrons. The molecule has 31 heavy (non-hydrogen) atoms. The van der Waals surface area contributed by atoms with Gasteiger partial charge in [-0.2, -0.15) is 4.99 Å². The highest BCUT2D eigenvalue weighted by molar-refractivity contribution is 7.16. The summed E-state index contributed by atoms with van der Waals surface area (Å²) in [6.07, 6.45) is 0. The molecular formula is C23H27N3O4S. The molecule has 0 aliphatic heterocycles. The molecule has 0 aliphatic carbocycles. The number of carbonyl (C=O) groups excluding carboxylic acids is 2. The molecule has 0 N–H and O–H groups in total. The summed E-state index contributed by atoms with van der Waals surface area (Å²) in [7, 11) is 1.34. The molecule has 3 aromatic rings. The molecule has 8 heteroatoms. The number of carbonyl (C=O) groups is 2. The van der Waals surface area contributed by atoms with Crippen LogP contribution < -0.4 is 14.4 Å². The van der Waals surface area contributed by atoms with E-state index < -0.39 is 5.97 Å². The topological polar surface area (TPSA) is 73.1 Å². The summed E-state index contributed by atoms with van der Waals surface area (Å²) in [5, 5.41) is 0. The van der Waals surface area contributed by atoms with Crippen molar-refractivity contribution < 1.29 is 19.1 Å². The van der Waals surface area contributed by atoms with Crippen LogP contribution in [0.3, 0.4) is 0 Å². The van der Waals surface area contributed by atoms with Crippen molar-refractivity contribution in [2.45, 2.75) is 27.3 Å². The molecule has 3 rings (SSSR count). The maximum atomic E-state index is 12.9. The maximum absolute atomic E-state index is 12.9. The van der Waals surface area contributed by atoms with Crippen molar-refractivity contribution in [3.8, 4) is 5.75 Å². The van der Waals surface area contributed by atoms with Crippen LogP contribution in [0.25, 0.3) is 10.2 Å². The van der Waals surface area contributed by atoms with E-state index in [2.05, 4.69) is 23.7 Å². The van der Waals surface area contributed by atoms with Crippen molar-refractivity contribution in [3.05, 3.63) is 52.8 Å². The smallest absolute Gasteiger partial charge is 0.325 e. The Labute approximate surface area is 185 Å². The third kappa shape index (κ3) is 5.14. The minimum atomic E-state index is -0.411. The summed E-state index contributed by atoms with van der Waals surface area (Å²) >= 11 is 1.33. The van der Waals surface area contributed by atoms with Gasteiger partial charge in [0.25, 0.3) is 5.91 Å². The van der Waals surface area contributed by atoms with Crippen molar-refractivity contribution in [2.75, 3.05) is 31.7 Å². The van der Waals surface area contributed by atoms with E-state index in [1.807, 2.05) is 37.3 Å². The number of ether oxygens (including phenoxy) is 2. The summed E-state index contributed by atoms with van der Waals surface area (Å²) in [6.45, 7) is 8.42. The van der Waals surface area contributed by atoms with Gasteiger partial charge in [-0.1, -0.05) is 11.3 Å². The SMILES string of the molecule is CCOc1ccc2c(c1)sc(=NC(=O)c1ccc(N(CC)CC)cc1)n2CC(=O)OC. The Balaban J connectivity index is 2.01. The second-order valence-electron chi connectivity index (χ2n) is 6.75. The number of amides is 1. The molecule has 2 aromatic carbocycles. The average Bonchev–Trinajstić information content (AvgIpc) is 3.11. The van der Waals surface area contributed by atoms with E-state index in [1.165, 1.54) is 18.4 Å². The summed E-state index contributed by atoms with van der Waals surface area (Å²) in [6, 6.07) is 13.0. The van der Waals surface area contributed by atoms with Gasteiger partial charge in [-0.25, -0.2) is 0 Å². The number of benzene rings is 2. The molecular weight excluding hydrogens is 414 g/mol. The number of methoxy groups -OCH3 is 1. The van der Waals surface area contributed by atoms with Crippen LogP contribution in [0.5, 0.6) is 5.75 Å². The molecule has 0 saturated heterocycles. The first-order valence-electron chi connectivity index (χ1n) is 10.3. The van der Waals surface area contributed by atoms with Crippen molar-refractivity contribution in [3.63, 3.8) is 0 Å². The minimum Gasteiger partial charge on any atom is -0.494 e. The number of hydrogen-bond donors (Lipinski definition) is 0. The summed E-state index contributed by atoms with van der Waals surface area (Å²) < 4.78 is 13.0. The third-order valence-corrected chi connectivity index (χ3v) is 5.96. The second-order valence-corrected chi connectivity index (χ2v) is 7.75. The van der Waals surface area contributed by atoms with E-state index in [4.69, 9.17) is 9.47 Å². The van der Waals surface area contributed by atoms with Crippen molar-refractivity contribution >= 4 is 39.1 Å². The predicted molar refractivity (Wildman–Crippen MR) is 123 cm³/mol. The number of nitrogens with zero attached hydrogens (tertiary/aromatic N) is 3. The molecule has 7 nitrogen and oxygen atoms in total. The number of esters is 1. The normalized spacial score (nSPS) is 11.5. The summed E-state index contributed by atoms with van der Waals surface area (Å²) in [5.41, 5.74) is 2.35. The molecule has 0 bridgehead atoms. The Kier molecular flexibility index (Phi) is 7.46. The number of hydrogen-bond acceptors (Lipinski definition) is 6. The van der Waals surface area contributed by atoms with Crippen molar-refractivity contribution in [1.82, 2.24) is 4.57 Å². The van der Waals surface area contributed by atoms with Gasteiger partial charge in [0.1, 0.15) is 12.3 Å². The van der Waals surface area contributed by atoms with Crippen molar-refractivity contribution in [1.29, 1.82) is 0 Å². The molecule has 0 saturated carbocycles. The first-order valence-corrected chi connectivity index (χ1v) is 11.1. The molecule has 0 fully saturated rings. The van der Waals surface area contributed by atoms with E-state index in [1.54, 1.807) is 16.7 Å². The summed E-state index contributed by atoms with van der Waals surface area (Å²) in [4.78, 5) is 31.8. The third-order valence-electron chi connectivity index (χ3n) is 4.92. The van der Waals surface area contributed by atoms with Gasteiger partial charge in [-0.3, -0.25) is 9.59 Å². The zero-order valence-electron chi connectivity index (χ0n) is 18.3. The van der Waals surface area contributed by atoms with Crippen LogP contribution >= 0.6 is 11.3 Å². The van der Waals surface area contributed by atoms with Crippen LogP contribution in [0, 0.1) is 0 Å². The summed E-state index contributed by atoms with van der Waals surface area (Å²) in [5.74, 6) is -0.0429. The molecule has 0 aliphatic rings. The van der Waals surface area contributed by atoms with E-state index in [0.29, 0.717) is 17.0 Å². The van der Waals surface area contributed by atoms with Gasteiger partial charge in [0.05, 0.1) is 23.9 Å². The Hall–Kier alpha value is -3.13. The molecule has 0 atom stereocenters. The van der Waals surface area contributed by atoms with Gasteiger partial charge in [0, 0.05) is 24.3 Å². The lowest BCUT2D eigenvalue weighted by atomic mass is 10.2. The van der Waals surface area contributed by atoms with Crippen molar-refractivity contribution in [2.24, 2.45) is 4.99 Å². The van der Waals surface area contributed by atoms with Crippen LogP contribution in [0.15, 0.2) is 47.5 Å². The van der Waals surface area contributed by atoms with Gasteiger partial charge in [-0.15, -0.1) is 0 Å². The fourth-order valence-electron chi connectivity index (χ4n) is 3.30. The number of fused-ring (bicyclic) bond motifs is 1. The zero-order valence-corrected chi connectivity index (χ0v) is 19.1. The fraction of sp³-hybridized carbons (Fsp3) is 0.348. The highest BCUT2D eigenvalue weighted by atomic mass is 32.1. The van der Waals surface area contributed by atoms with Gasteiger partial charge < -0.3 is 18.9 Å².